The van der Waals surface area contributed by atoms with Gasteiger partial charge in [-0.2, -0.15) is 0 Å². The Morgan fingerprint density at radius 1 is 0.872 bits per heavy atom. The number of carboxylic acids is 2. The number of ether oxygens (including phenoxy) is 1. The molecule has 39 heavy (non-hydrogen) atoms. The zero-order valence-corrected chi connectivity index (χ0v) is 22.5. The number of nitrogens with two attached hydrogens (primary N) is 1. The number of carbonyl (C=O) groups excluding carboxylic acids is 2. The van der Waals surface area contributed by atoms with Crippen molar-refractivity contribution in [3.05, 3.63) is 71.3 Å². The van der Waals surface area contributed by atoms with Gasteiger partial charge in [-0.05, 0) is 39.3 Å². The molecule has 2 aromatic carbocycles. The molecule has 12 heteroatoms. The first-order valence-electron chi connectivity index (χ1n) is 11.8. The summed E-state index contributed by atoms with van der Waals surface area (Å²) in [6.07, 6.45) is -0.718. The second-order valence-corrected chi connectivity index (χ2v) is 9.47. The molecule has 0 saturated heterocycles. The van der Waals surface area contributed by atoms with Gasteiger partial charge in [-0.1, -0.05) is 48.5 Å². The molecule has 0 fully saturated rings. The summed E-state index contributed by atoms with van der Waals surface area (Å²) in [4.78, 5) is 44.0. The number of alkyl carbamates (subject to hydrolysis) is 1. The first kappa shape index (κ1) is 35.2. The summed E-state index contributed by atoms with van der Waals surface area (Å²) in [6.45, 7) is 5.08. The zero-order chi connectivity index (χ0) is 30.2. The van der Waals surface area contributed by atoms with Crippen LogP contribution < -0.4 is 11.1 Å². The highest BCUT2D eigenvalue weighted by molar-refractivity contribution is 6.09. The summed E-state index contributed by atoms with van der Waals surface area (Å²) in [5.74, 6) is -2.71. The molecule has 8 N–H and O–H groups in total. The van der Waals surface area contributed by atoms with Crippen LogP contribution in [0.5, 0.6) is 0 Å². The molecule has 2 aromatic rings. The van der Waals surface area contributed by atoms with Gasteiger partial charge in [0.2, 0.25) is 0 Å². The number of aliphatic carboxylic acids is 2. The van der Waals surface area contributed by atoms with E-state index >= 15 is 0 Å². The molecule has 0 aliphatic carbocycles. The third kappa shape index (κ3) is 14.6. The van der Waals surface area contributed by atoms with Crippen LogP contribution in [0.2, 0.25) is 0 Å². The largest absolute Gasteiger partial charge is 0.481 e. The number of aliphatic hydroxyl groups excluding tert-OH is 3. The number of carboxylic acid groups (broad SMARTS) is 2. The van der Waals surface area contributed by atoms with Gasteiger partial charge < -0.3 is 41.3 Å². The summed E-state index contributed by atoms with van der Waals surface area (Å²) < 4.78 is 4.77. The van der Waals surface area contributed by atoms with Gasteiger partial charge >= 0.3 is 18.0 Å². The van der Waals surface area contributed by atoms with E-state index in [1.165, 1.54) is 0 Å². The molecule has 0 saturated carbocycles. The molecule has 0 heterocycles. The van der Waals surface area contributed by atoms with Crippen LogP contribution in [-0.4, -0.2) is 86.9 Å². The Balaban J connectivity index is 0.000000621. The predicted octanol–water partition coefficient (Wildman–Crippen LogP) is 1.36. The highest BCUT2D eigenvalue weighted by Crippen LogP contribution is 2.18. The third-order valence-electron chi connectivity index (χ3n) is 4.78. The lowest BCUT2D eigenvalue weighted by Gasteiger charge is -2.20. The molecule has 2 rings (SSSR count). The van der Waals surface area contributed by atoms with Gasteiger partial charge in [-0.15, -0.1) is 0 Å². The Bertz CT molecular complexity index is 1060. The van der Waals surface area contributed by atoms with Gasteiger partial charge in [0.15, 0.2) is 5.78 Å². The Morgan fingerprint density at radius 3 is 1.79 bits per heavy atom. The van der Waals surface area contributed by atoms with Crippen LogP contribution in [0.25, 0.3) is 0 Å². The van der Waals surface area contributed by atoms with Crippen molar-refractivity contribution in [3.8, 4) is 0 Å². The van der Waals surface area contributed by atoms with Crippen LogP contribution >= 0.6 is 0 Å². The third-order valence-corrected chi connectivity index (χ3v) is 4.78. The maximum absolute atomic E-state index is 12.2. The van der Waals surface area contributed by atoms with E-state index in [1.807, 2.05) is 6.07 Å². The molecule has 0 radical (unpaired) electrons. The fraction of sp³-hybridized carbons (Fsp3) is 0.407. The Labute approximate surface area is 227 Å². The van der Waals surface area contributed by atoms with Gasteiger partial charge in [0.1, 0.15) is 12.1 Å². The van der Waals surface area contributed by atoms with Crippen molar-refractivity contribution in [2.45, 2.75) is 44.8 Å². The number of aliphatic hydroxyl groups is 3. The average Bonchev–Trinajstić information content (AvgIpc) is 2.91. The van der Waals surface area contributed by atoms with Crippen molar-refractivity contribution in [1.82, 2.24) is 5.32 Å². The number of amides is 1. The monoisotopic (exact) mass is 550 g/mol. The lowest BCUT2D eigenvalue weighted by atomic mass is 9.96. The van der Waals surface area contributed by atoms with Crippen molar-refractivity contribution in [2.24, 2.45) is 5.73 Å². The first-order valence-corrected chi connectivity index (χ1v) is 11.8. The van der Waals surface area contributed by atoms with E-state index in [1.54, 1.807) is 76.2 Å². The molecule has 0 aliphatic heterocycles. The number of ketones is 1. The van der Waals surface area contributed by atoms with Gasteiger partial charge in [0.25, 0.3) is 0 Å². The van der Waals surface area contributed by atoms with Gasteiger partial charge in [-0.25, -0.2) is 4.79 Å². The molecule has 0 spiro atoms. The van der Waals surface area contributed by atoms with Crippen molar-refractivity contribution >= 4 is 23.8 Å². The quantitative estimate of drug-likeness (QED) is 0.221. The molecule has 12 nitrogen and oxygen atoms in total. The molecular formula is C27H38N2O10. The van der Waals surface area contributed by atoms with E-state index < -0.39 is 61.5 Å². The Hall–Kier alpha value is -3.84. The van der Waals surface area contributed by atoms with E-state index in [0.29, 0.717) is 16.7 Å². The highest BCUT2D eigenvalue weighted by Gasteiger charge is 2.21. The van der Waals surface area contributed by atoms with Gasteiger partial charge in [0, 0.05) is 11.1 Å². The van der Waals surface area contributed by atoms with Gasteiger partial charge in [-0.3, -0.25) is 14.4 Å². The molecule has 1 amide bonds. The minimum absolute atomic E-state index is 0.0972. The second-order valence-electron chi connectivity index (χ2n) is 9.47. The maximum atomic E-state index is 12.2. The molecule has 0 bridgehead atoms. The molecule has 1 unspecified atom stereocenters. The Morgan fingerprint density at radius 2 is 1.38 bits per heavy atom. The van der Waals surface area contributed by atoms with E-state index in [-0.39, 0.29) is 5.78 Å². The normalized spacial score (nSPS) is 11.5. The molecule has 0 aromatic heterocycles. The minimum atomic E-state index is -1.21. The van der Waals surface area contributed by atoms with E-state index in [9.17, 15) is 19.2 Å². The predicted molar refractivity (Wildman–Crippen MR) is 142 cm³/mol. The van der Waals surface area contributed by atoms with Crippen LogP contribution in [0.4, 0.5) is 4.79 Å². The van der Waals surface area contributed by atoms with Crippen molar-refractivity contribution in [1.29, 1.82) is 0 Å². The fourth-order valence-electron chi connectivity index (χ4n) is 2.46. The van der Waals surface area contributed by atoms with Crippen LogP contribution in [-0.2, 0) is 14.3 Å². The van der Waals surface area contributed by atoms with E-state index in [0.717, 1.165) is 0 Å². The summed E-state index contributed by atoms with van der Waals surface area (Å²) >= 11 is 0. The summed E-state index contributed by atoms with van der Waals surface area (Å²) in [5, 5.41) is 44.3. The lowest BCUT2D eigenvalue weighted by Crippen LogP contribution is -2.50. The molecule has 216 valence electrons. The molecular weight excluding hydrogens is 512 g/mol. The highest BCUT2D eigenvalue weighted by atomic mass is 16.6. The summed E-state index contributed by atoms with van der Waals surface area (Å²) in [7, 11) is 0. The maximum Gasteiger partial charge on any atom is 0.408 e. The number of carbonyl (C=O) groups is 4. The van der Waals surface area contributed by atoms with Crippen LogP contribution in [0.3, 0.4) is 0 Å². The van der Waals surface area contributed by atoms with Crippen molar-refractivity contribution in [3.63, 3.8) is 0 Å². The first-order chi connectivity index (χ1) is 18.1. The van der Waals surface area contributed by atoms with Crippen LogP contribution in [0.1, 0.15) is 55.1 Å². The second kappa shape index (κ2) is 16.9. The van der Waals surface area contributed by atoms with E-state index in [2.05, 4.69) is 5.32 Å². The van der Waals surface area contributed by atoms with Crippen LogP contribution in [0.15, 0.2) is 54.6 Å². The lowest BCUT2D eigenvalue weighted by molar-refractivity contribution is -0.138. The molecule has 0 aliphatic rings. The average molecular weight is 551 g/mol. The summed E-state index contributed by atoms with van der Waals surface area (Å²) in [5.41, 5.74) is 5.09. The zero-order valence-electron chi connectivity index (χ0n) is 22.5. The number of rotatable bonds is 9. The molecule has 1 atom stereocenters. The number of hydrogen-bond donors (Lipinski definition) is 7. The van der Waals surface area contributed by atoms with Crippen molar-refractivity contribution < 1.29 is 49.4 Å². The van der Waals surface area contributed by atoms with E-state index in [4.69, 9.17) is 36.0 Å². The number of hydrogen-bond acceptors (Lipinski definition) is 9. The fourth-order valence-corrected chi connectivity index (χ4v) is 2.46. The number of benzene rings is 2. The SMILES string of the molecule is CC(C(=O)O)c1cccc(C(=O)c2ccccc2)c1.CC(C)(C)OC(=O)NCC(=O)O.NC(CO)(CO)CO. The smallest absolute Gasteiger partial charge is 0.408 e. The minimum Gasteiger partial charge on any atom is -0.481 e. The standard InChI is InChI=1S/C16H14O3.C7H13NO4.C4H11NO3/c1-11(16(18)19)13-8-5-9-14(10-13)15(17)12-6-3-2-4-7-12;1-7(2,3)12-6(11)8-4-5(9)10;5-4(1-6,2-7)3-8/h2-11H,1H3,(H,18,19);4H2,1-3H3,(H,8,11)(H,9,10);6-8H,1-3,5H2. The van der Waals surface area contributed by atoms with Gasteiger partial charge in [0.05, 0.1) is 31.3 Å². The van der Waals surface area contributed by atoms with Crippen molar-refractivity contribution in [2.75, 3.05) is 26.4 Å². The topological polar surface area (TPSA) is 217 Å². The van der Waals surface area contributed by atoms with Crippen LogP contribution in [0, 0.1) is 0 Å². The Kier molecular flexibility index (Phi) is 15.2. The number of nitrogens with one attached hydrogen (secondary N) is 1. The summed E-state index contributed by atoms with van der Waals surface area (Å²) in [6, 6.07) is 15.7.